The van der Waals surface area contributed by atoms with Crippen LogP contribution < -0.4 is 11.2 Å². The molecular formula is C25H38N2O8SSi. The molecule has 3 rings (SSSR count). The summed E-state index contributed by atoms with van der Waals surface area (Å²) in [4.78, 5) is 26.6. The van der Waals surface area contributed by atoms with Crippen molar-refractivity contribution in [3.8, 4) is 0 Å². The molecule has 37 heavy (non-hydrogen) atoms. The first-order valence-electron chi connectivity index (χ1n) is 12.3. The smallest absolute Gasteiger partial charge is 0.330 e. The number of aliphatic hydroxyl groups is 1. The lowest BCUT2D eigenvalue weighted by Crippen LogP contribution is -2.48. The van der Waals surface area contributed by atoms with E-state index >= 15 is 0 Å². The highest BCUT2D eigenvalue weighted by Crippen LogP contribution is 2.41. The number of nitrogens with zero attached hydrogens (tertiary/aromatic N) is 1. The summed E-state index contributed by atoms with van der Waals surface area (Å²) in [5.74, 6) is 0. The van der Waals surface area contributed by atoms with Gasteiger partial charge in [0.25, 0.3) is 15.7 Å². The van der Waals surface area contributed by atoms with Crippen LogP contribution in [0, 0.1) is 13.8 Å². The summed E-state index contributed by atoms with van der Waals surface area (Å²) < 4.78 is 44.2. The SMILES string of the molecule is Cc1ccc(S(=O)(=O)OCC[C@H](O)[C@H]2O[C@@H](n3cc(C)c(=O)[nH]c3=O)C[C@@H]2O[Si](C)(C)C(C)(C)C)cc1. The number of hydrogen-bond donors (Lipinski definition) is 2. The molecule has 1 aromatic heterocycles. The zero-order chi connectivity index (χ0) is 27.8. The van der Waals surface area contributed by atoms with E-state index in [1.54, 1.807) is 19.1 Å². The van der Waals surface area contributed by atoms with E-state index in [-0.39, 0.29) is 29.4 Å². The molecule has 1 aromatic carbocycles. The van der Waals surface area contributed by atoms with Crippen molar-refractivity contribution in [2.75, 3.05) is 6.61 Å². The summed E-state index contributed by atoms with van der Waals surface area (Å²) in [7, 11) is -6.28. The zero-order valence-corrected chi connectivity index (χ0v) is 24.3. The minimum Gasteiger partial charge on any atom is -0.411 e. The Morgan fingerprint density at radius 3 is 2.41 bits per heavy atom. The van der Waals surface area contributed by atoms with Gasteiger partial charge in [-0.25, -0.2) is 4.79 Å². The molecule has 0 amide bonds. The van der Waals surface area contributed by atoms with Crippen molar-refractivity contribution >= 4 is 18.4 Å². The average Bonchev–Trinajstić information content (AvgIpc) is 3.18. The quantitative estimate of drug-likeness (QED) is 0.357. The Balaban J connectivity index is 1.78. The van der Waals surface area contributed by atoms with Crippen molar-refractivity contribution in [2.45, 2.75) is 95.0 Å². The van der Waals surface area contributed by atoms with Crippen molar-refractivity contribution in [2.24, 2.45) is 0 Å². The van der Waals surface area contributed by atoms with Gasteiger partial charge in [-0.15, -0.1) is 0 Å². The average molecular weight is 555 g/mol. The number of ether oxygens (including phenoxy) is 1. The highest BCUT2D eigenvalue weighted by molar-refractivity contribution is 7.86. The van der Waals surface area contributed by atoms with Gasteiger partial charge >= 0.3 is 5.69 Å². The summed E-state index contributed by atoms with van der Waals surface area (Å²) in [6.07, 6.45) is -1.58. The van der Waals surface area contributed by atoms with Crippen LogP contribution in [0.15, 0.2) is 44.9 Å². The summed E-state index contributed by atoms with van der Waals surface area (Å²) in [5, 5.41) is 10.9. The van der Waals surface area contributed by atoms with Gasteiger partial charge in [0.15, 0.2) is 8.32 Å². The Bertz CT molecular complexity index is 1310. The van der Waals surface area contributed by atoms with E-state index in [9.17, 15) is 23.1 Å². The zero-order valence-electron chi connectivity index (χ0n) is 22.5. The molecule has 1 saturated heterocycles. The molecule has 10 nitrogen and oxygen atoms in total. The number of H-pyrrole nitrogens is 1. The monoisotopic (exact) mass is 554 g/mol. The molecule has 0 radical (unpaired) electrons. The van der Waals surface area contributed by atoms with Crippen LogP contribution in [-0.4, -0.2) is 56.3 Å². The molecule has 2 aromatic rings. The second-order valence-corrected chi connectivity index (χ2v) is 17.5. The topological polar surface area (TPSA) is 137 Å². The normalized spacial score (nSPS) is 21.8. The van der Waals surface area contributed by atoms with Crippen LogP contribution in [0.2, 0.25) is 18.1 Å². The molecule has 0 spiro atoms. The van der Waals surface area contributed by atoms with Crippen molar-refractivity contribution in [3.63, 3.8) is 0 Å². The number of rotatable bonds is 9. The van der Waals surface area contributed by atoms with Crippen LogP contribution in [0.5, 0.6) is 0 Å². The molecule has 12 heteroatoms. The van der Waals surface area contributed by atoms with Crippen molar-refractivity contribution in [1.82, 2.24) is 9.55 Å². The third kappa shape index (κ3) is 6.87. The van der Waals surface area contributed by atoms with Gasteiger partial charge in [-0.3, -0.25) is 18.5 Å². The van der Waals surface area contributed by atoms with Crippen LogP contribution in [0.4, 0.5) is 0 Å². The van der Waals surface area contributed by atoms with Crippen LogP contribution >= 0.6 is 0 Å². The van der Waals surface area contributed by atoms with Crippen molar-refractivity contribution < 1.29 is 26.9 Å². The standard InChI is InChI=1S/C25H38N2O8SSi/c1-16-8-10-18(11-9-16)36(31,32)33-13-12-19(28)22-20(35-37(6,7)25(3,4)5)14-21(34-22)27-15-17(2)23(29)26-24(27)30/h8-11,15,19-22,28H,12-14H2,1-7H3,(H,26,29,30)/t19-,20-,21+,22+/m0/s1. The molecule has 0 unspecified atom stereocenters. The predicted molar refractivity (Wildman–Crippen MR) is 142 cm³/mol. The van der Waals surface area contributed by atoms with Gasteiger partial charge in [-0.05, 0) is 44.1 Å². The lowest BCUT2D eigenvalue weighted by Gasteiger charge is -2.39. The van der Waals surface area contributed by atoms with Gasteiger partial charge in [0, 0.05) is 24.6 Å². The van der Waals surface area contributed by atoms with E-state index in [4.69, 9.17) is 13.3 Å². The Labute approximate surface area is 218 Å². The molecule has 1 fully saturated rings. The third-order valence-electron chi connectivity index (χ3n) is 7.16. The van der Waals surface area contributed by atoms with Crippen LogP contribution in [-0.2, 0) is 23.5 Å². The molecule has 1 aliphatic rings. The first-order chi connectivity index (χ1) is 17.0. The fourth-order valence-corrected chi connectivity index (χ4v) is 6.12. The van der Waals surface area contributed by atoms with Crippen LogP contribution in [0.3, 0.4) is 0 Å². The molecular weight excluding hydrogens is 516 g/mol. The molecule has 0 aliphatic carbocycles. The molecule has 2 N–H and O–H groups in total. The Morgan fingerprint density at radius 1 is 1.19 bits per heavy atom. The van der Waals surface area contributed by atoms with Gasteiger partial charge in [0.1, 0.15) is 12.3 Å². The lowest BCUT2D eigenvalue weighted by molar-refractivity contribution is -0.0854. The van der Waals surface area contributed by atoms with E-state index in [0.717, 1.165) is 5.56 Å². The van der Waals surface area contributed by atoms with E-state index in [1.807, 2.05) is 6.92 Å². The molecule has 4 atom stereocenters. The number of nitrogens with one attached hydrogen (secondary N) is 1. The summed E-state index contributed by atoms with van der Waals surface area (Å²) >= 11 is 0. The van der Waals surface area contributed by atoms with Gasteiger partial charge < -0.3 is 14.3 Å². The first-order valence-corrected chi connectivity index (χ1v) is 16.6. The summed E-state index contributed by atoms with van der Waals surface area (Å²) in [6, 6.07) is 6.30. The third-order valence-corrected chi connectivity index (χ3v) is 13.0. The highest BCUT2D eigenvalue weighted by Gasteiger charge is 2.47. The molecule has 206 valence electrons. The fourth-order valence-electron chi connectivity index (χ4n) is 3.86. The van der Waals surface area contributed by atoms with Crippen LogP contribution in [0.1, 0.15) is 51.0 Å². The maximum Gasteiger partial charge on any atom is 0.330 e. The maximum absolute atomic E-state index is 12.5. The number of aliphatic hydroxyl groups excluding tert-OH is 1. The van der Waals surface area contributed by atoms with E-state index in [1.165, 1.54) is 22.9 Å². The Morgan fingerprint density at radius 2 is 1.81 bits per heavy atom. The largest absolute Gasteiger partial charge is 0.411 e. The minimum absolute atomic E-state index is 0.0284. The number of benzene rings is 1. The fraction of sp³-hybridized carbons (Fsp3) is 0.600. The number of hydrogen-bond acceptors (Lipinski definition) is 8. The van der Waals surface area contributed by atoms with Gasteiger partial charge in [0.05, 0.1) is 23.7 Å². The van der Waals surface area contributed by atoms with E-state index in [0.29, 0.717) is 5.56 Å². The van der Waals surface area contributed by atoms with Crippen molar-refractivity contribution in [1.29, 1.82) is 0 Å². The molecule has 0 saturated carbocycles. The Hall–Kier alpha value is -2.09. The summed E-state index contributed by atoms with van der Waals surface area (Å²) in [6.45, 7) is 13.6. The second-order valence-electron chi connectivity index (χ2n) is 11.1. The van der Waals surface area contributed by atoms with Gasteiger partial charge in [0.2, 0.25) is 0 Å². The Kier molecular flexibility index (Phi) is 8.72. The maximum atomic E-state index is 12.5. The molecule has 2 heterocycles. The second kappa shape index (κ2) is 10.9. The van der Waals surface area contributed by atoms with Crippen LogP contribution in [0.25, 0.3) is 0 Å². The van der Waals surface area contributed by atoms with Gasteiger partial charge in [-0.2, -0.15) is 8.42 Å². The first kappa shape index (κ1) is 29.5. The molecule has 1 aliphatic heterocycles. The highest BCUT2D eigenvalue weighted by atomic mass is 32.2. The lowest BCUT2D eigenvalue weighted by atomic mass is 10.1. The summed E-state index contributed by atoms with van der Waals surface area (Å²) in [5.41, 5.74) is 0.182. The van der Waals surface area contributed by atoms with Gasteiger partial charge in [-0.1, -0.05) is 38.5 Å². The predicted octanol–water partition coefficient (Wildman–Crippen LogP) is 2.99. The number of aryl methyl sites for hydroxylation is 2. The van der Waals surface area contributed by atoms with Crippen molar-refractivity contribution in [3.05, 3.63) is 62.4 Å². The number of aromatic nitrogens is 2. The molecule has 0 bridgehead atoms. The minimum atomic E-state index is -3.98. The van der Waals surface area contributed by atoms with E-state index in [2.05, 4.69) is 38.8 Å². The number of aromatic amines is 1. The van der Waals surface area contributed by atoms with E-state index < -0.39 is 54.2 Å².